The number of pyridine rings is 1. The van der Waals surface area contributed by atoms with Gasteiger partial charge in [0.25, 0.3) is 0 Å². The van der Waals surface area contributed by atoms with Crippen LogP contribution in [0.15, 0.2) is 32.0 Å². The van der Waals surface area contributed by atoms with Gasteiger partial charge in [-0.3, -0.25) is 4.98 Å². The fourth-order valence-corrected chi connectivity index (χ4v) is 5.10. The van der Waals surface area contributed by atoms with Crippen LogP contribution in [0.25, 0.3) is 0 Å². The van der Waals surface area contributed by atoms with Crippen LogP contribution in [-0.2, 0) is 6.42 Å². The number of rotatable bonds is 6. The molecule has 0 saturated heterocycles. The average Bonchev–Trinajstić information content (AvgIpc) is 2.75. The van der Waals surface area contributed by atoms with Crippen molar-refractivity contribution in [2.45, 2.75) is 32.7 Å². The molecule has 1 unspecified atom stereocenters. The van der Waals surface area contributed by atoms with E-state index < -0.39 is 0 Å². The van der Waals surface area contributed by atoms with Crippen molar-refractivity contribution in [1.29, 1.82) is 0 Å². The standard InChI is InChI=1S/C15H18Br2N2S/c1-3-6-18-13(11-8-14(16)20-15(11)17)9-12-10(2)5-4-7-19-12/h4-5,7-8,13,18H,3,6,9H2,1-2H3. The van der Waals surface area contributed by atoms with Gasteiger partial charge in [0.05, 0.1) is 7.57 Å². The van der Waals surface area contributed by atoms with Crippen molar-refractivity contribution in [3.63, 3.8) is 0 Å². The van der Waals surface area contributed by atoms with Crippen molar-refractivity contribution in [3.05, 3.63) is 48.8 Å². The highest BCUT2D eigenvalue weighted by molar-refractivity contribution is 9.12. The van der Waals surface area contributed by atoms with E-state index in [1.54, 1.807) is 11.3 Å². The fourth-order valence-electron chi connectivity index (χ4n) is 2.13. The van der Waals surface area contributed by atoms with Crippen LogP contribution < -0.4 is 5.32 Å². The number of nitrogens with one attached hydrogen (secondary N) is 1. The van der Waals surface area contributed by atoms with E-state index in [9.17, 15) is 0 Å². The molecule has 0 aromatic carbocycles. The third kappa shape index (κ3) is 4.13. The van der Waals surface area contributed by atoms with Crippen LogP contribution in [-0.4, -0.2) is 11.5 Å². The van der Waals surface area contributed by atoms with E-state index in [-0.39, 0.29) is 0 Å². The minimum atomic E-state index is 0.292. The molecule has 0 bridgehead atoms. The summed E-state index contributed by atoms with van der Waals surface area (Å²) in [5.74, 6) is 0. The Morgan fingerprint density at radius 3 is 2.80 bits per heavy atom. The molecule has 0 fully saturated rings. The molecule has 2 heterocycles. The van der Waals surface area contributed by atoms with Crippen LogP contribution in [0.5, 0.6) is 0 Å². The molecule has 1 N–H and O–H groups in total. The van der Waals surface area contributed by atoms with E-state index in [1.807, 2.05) is 12.3 Å². The van der Waals surface area contributed by atoms with Crippen LogP contribution in [0, 0.1) is 6.92 Å². The van der Waals surface area contributed by atoms with E-state index >= 15 is 0 Å². The van der Waals surface area contributed by atoms with Gasteiger partial charge < -0.3 is 5.32 Å². The molecule has 0 amide bonds. The van der Waals surface area contributed by atoms with Crippen LogP contribution in [0.3, 0.4) is 0 Å². The monoisotopic (exact) mass is 416 g/mol. The molecule has 0 saturated carbocycles. The van der Waals surface area contributed by atoms with Gasteiger partial charge in [0.15, 0.2) is 0 Å². The summed E-state index contributed by atoms with van der Waals surface area (Å²) in [6, 6.07) is 6.60. The van der Waals surface area contributed by atoms with Gasteiger partial charge in [-0.25, -0.2) is 0 Å². The Labute approximate surface area is 141 Å². The Balaban J connectivity index is 2.24. The molecular weight excluding hydrogens is 400 g/mol. The van der Waals surface area contributed by atoms with Crippen LogP contribution in [0.2, 0.25) is 0 Å². The molecule has 0 radical (unpaired) electrons. The largest absolute Gasteiger partial charge is 0.310 e. The summed E-state index contributed by atoms with van der Waals surface area (Å²) in [5.41, 5.74) is 3.72. The summed E-state index contributed by atoms with van der Waals surface area (Å²) in [5, 5.41) is 3.63. The van der Waals surface area contributed by atoms with E-state index in [4.69, 9.17) is 0 Å². The van der Waals surface area contributed by atoms with Crippen molar-refractivity contribution in [2.75, 3.05) is 6.54 Å². The normalized spacial score (nSPS) is 12.6. The van der Waals surface area contributed by atoms with Gasteiger partial charge >= 0.3 is 0 Å². The summed E-state index contributed by atoms with van der Waals surface area (Å²) in [4.78, 5) is 4.52. The SMILES string of the molecule is CCCNC(Cc1ncccc1C)c1cc(Br)sc1Br. The van der Waals surface area contributed by atoms with Gasteiger partial charge in [-0.15, -0.1) is 11.3 Å². The topological polar surface area (TPSA) is 24.9 Å². The van der Waals surface area contributed by atoms with E-state index in [1.165, 1.54) is 14.9 Å². The van der Waals surface area contributed by atoms with Gasteiger partial charge in [-0.05, 0) is 75.0 Å². The van der Waals surface area contributed by atoms with Crippen molar-refractivity contribution < 1.29 is 0 Å². The maximum absolute atomic E-state index is 4.52. The summed E-state index contributed by atoms with van der Waals surface area (Å²) < 4.78 is 2.34. The first-order chi connectivity index (χ1) is 9.61. The van der Waals surface area contributed by atoms with Crippen molar-refractivity contribution in [3.8, 4) is 0 Å². The quantitative estimate of drug-likeness (QED) is 0.693. The summed E-state index contributed by atoms with van der Waals surface area (Å²) in [6.07, 6.45) is 3.91. The second kappa shape index (κ2) is 7.69. The highest BCUT2D eigenvalue weighted by atomic mass is 79.9. The van der Waals surface area contributed by atoms with E-state index in [0.717, 1.165) is 28.9 Å². The predicted octanol–water partition coefficient (Wildman–Crippen LogP) is 5.26. The van der Waals surface area contributed by atoms with Crippen LogP contribution in [0.1, 0.15) is 36.2 Å². The second-order valence-corrected chi connectivity index (χ2v) is 8.51. The van der Waals surface area contributed by atoms with Crippen molar-refractivity contribution >= 4 is 43.2 Å². The fraction of sp³-hybridized carbons (Fsp3) is 0.400. The van der Waals surface area contributed by atoms with Crippen LogP contribution >= 0.6 is 43.2 Å². The average molecular weight is 418 g/mol. The Kier molecular flexibility index (Phi) is 6.20. The lowest BCUT2D eigenvalue weighted by Crippen LogP contribution is -2.24. The number of aromatic nitrogens is 1. The first-order valence-electron chi connectivity index (χ1n) is 6.70. The number of halogens is 2. The molecule has 5 heteroatoms. The lowest BCUT2D eigenvalue weighted by Gasteiger charge is -2.19. The molecule has 0 aliphatic carbocycles. The summed E-state index contributed by atoms with van der Waals surface area (Å²) in [7, 11) is 0. The number of hydrogen-bond acceptors (Lipinski definition) is 3. The summed E-state index contributed by atoms with van der Waals surface area (Å²) >= 11 is 8.95. The summed E-state index contributed by atoms with van der Waals surface area (Å²) in [6.45, 7) is 5.32. The van der Waals surface area contributed by atoms with Crippen LogP contribution in [0.4, 0.5) is 0 Å². The Bertz CT molecular complexity index is 569. The minimum Gasteiger partial charge on any atom is -0.310 e. The van der Waals surface area contributed by atoms with Crippen molar-refractivity contribution in [1.82, 2.24) is 10.3 Å². The third-order valence-corrected chi connectivity index (χ3v) is 5.60. The number of thiophene rings is 1. The number of nitrogens with zero attached hydrogens (tertiary/aromatic N) is 1. The molecule has 2 rings (SSSR count). The highest BCUT2D eigenvalue weighted by Crippen LogP contribution is 2.36. The van der Waals surface area contributed by atoms with Gasteiger partial charge in [0, 0.05) is 24.4 Å². The van der Waals surface area contributed by atoms with Gasteiger partial charge in [0.1, 0.15) is 0 Å². The van der Waals surface area contributed by atoms with E-state index in [2.05, 4.69) is 68.1 Å². The molecule has 0 aliphatic rings. The Morgan fingerprint density at radius 1 is 1.40 bits per heavy atom. The maximum Gasteiger partial charge on any atom is 0.0758 e. The lowest BCUT2D eigenvalue weighted by atomic mass is 10.0. The molecular formula is C15H18Br2N2S. The van der Waals surface area contributed by atoms with Gasteiger partial charge in [0.2, 0.25) is 0 Å². The molecule has 0 spiro atoms. The highest BCUT2D eigenvalue weighted by Gasteiger charge is 2.18. The lowest BCUT2D eigenvalue weighted by molar-refractivity contribution is 0.523. The number of aryl methyl sites for hydroxylation is 1. The molecule has 0 aliphatic heterocycles. The first kappa shape index (κ1) is 16.1. The predicted molar refractivity (Wildman–Crippen MR) is 93.4 cm³/mol. The molecule has 108 valence electrons. The van der Waals surface area contributed by atoms with Crippen molar-refractivity contribution in [2.24, 2.45) is 0 Å². The number of hydrogen-bond donors (Lipinski definition) is 1. The minimum absolute atomic E-state index is 0.292. The zero-order valence-corrected chi connectivity index (χ0v) is 15.6. The Hall–Kier alpha value is -0.230. The molecule has 2 nitrogen and oxygen atoms in total. The van der Waals surface area contributed by atoms with Gasteiger partial charge in [-0.2, -0.15) is 0 Å². The zero-order chi connectivity index (χ0) is 14.5. The molecule has 20 heavy (non-hydrogen) atoms. The molecule has 2 aromatic rings. The first-order valence-corrected chi connectivity index (χ1v) is 9.10. The van der Waals surface area contributed by atoms with E-state index in [0.29, 0.717) is 6.04 Å². The third-order valence-electron chi connectivity index (χ3n) is 3.21. The maximum atomic E-state index is 4.52. The second-order valence-electron chi connectivity index (χ2n) is 4.76. The Morgan fingerprint density at radius 2 is 2.20 bits per heavy atom. The smallest absolute Gasteiger partial charge is 0.0758 e. The zero-order valence-electron chi connectivity index (χ0n) is 11.6. The molecule has 2 aromatic heterocycles. The molecule has 1 atom stereocenters. The van der Waals surface area contributed by atoms with Gasteiger partial charge in [-0.1, -0.05) is 13.0 Å².